The summed E-state index contributed by atoms with van der Waals surface area (Å²) in [5.41, 5.74) is 0.362. The predicted molar refractivity (Wildman–Crippen MR) is 136 cm³/mol. The second kappa shape index (κ2) is 12.9. The Labute approximate surface area is 220 Å². The molecule has 10 nitrogen and oxygen atoms in total. The number of hydrogen-bond acceptors (Lipinski definition) is 7. The number of amides is 3. The van der Waals surface area contributed by atoms with Crippen molar-refractivity contribution < 1.29 is 37.8 Å². The zero-order valence-electron chi connectivity index (χ0n) is 21.6. The number of nitrogens with one attached hydrogen (secondary N) is 2. The summed E-state index contributed by atoms with van der Waals surface area (Å²) < 4.78 is 29.3. The van der Waals surface area contributed by atoms with Crippen molar-refractivity contribution in [3.05, 3.63) is 66.0 Å². The molecule has 2 atom stereocenters. The first kappa shape index (κ1) is 28.4. The van der Waals surface area contributed by atoms with Gasteiger partial charge in [0.1, 0.15) is 30.2 Å². The highest BCUT2D eigenvalue weighted by atomic mass is 19.1. The number of carbonyl (C=O) groups is 4. The minimum Gasteiger partial charge on any atom is -0.461 e. The Hall–Kier alpha value is -4.15. The van der Waals surface area contributed by atoms with E-state index in [0.717, 1.165) is 5.56 Å². The molecule has 2 N–H and O–H groups in total. The third-order valence-corrected chi connectivity index (χ3v) is 5.39. The van der Waals surface area contributed by atoms with Crippen molar-refractivity contribution in [1.29, 1.82) is 0 Å². The number of benzene rings is 2. The highest BCUT2D eigenvalue weighted by Gasteiger charge is 2.33. The summed E-state index contributed by atoms with van der Waals surface area (Å²) in [7, 11) is 0. The molecular weight excluding hydrogens is 497 g/mol. The third-order valence-electron chi connectivity index (χ3n) is 5.39. The van der Waals surface area contributed by atoms with E-state index >= 15 is 0 Å². The van der Waals surface area contributed by atoms with Crippen molar-refractivity contribution in [1.82, 2.24) is 10.6 Å². The molecule has 0 spiro atoms. The first-order chi connectivity index (χ1) is 18.0. The van der Waals surface area contributed by atoms with Gasteiger partial charge in [-0.05, 0) is 51.0 Å². The molecule has 11 heteroatoms. The summed E-state index contributed by atoms with van der Waals surface area (Å²) in [6, 6.07) is 13.6. The predicted octanol–water partition coefficient (Wildman–Crippen LogP) is 3.68. The van der Waals surface area contributed by atoms with E-state index in [2.05, 4.69) is 10.6 Å². The average molecular weight is 530 g/mol. The number of nitrogens with zero attached hydrogens (tertiary/aromatic N) is 1. The minimum atomic E-state index is -1.11. The van der Waals surface area contributed by atoms with Gasteiger partial charge in [-0.15, -0.1) is 0 Å². The molecule has 204 valence electrons. The molecule has 1 aliphatic heterocycles. The molecule has 3 amide bonds. The van der Waals surface area contributed by atoms with E-state index in [-0.39, 0.29) is 32.5 Å². The average Bonchev–Trinajstić information content (AvgIpc) is 3.23. The highest BCUT2D eigenvalue weighted by Crippen LogP contribution is 2.22. The van der Waals surface area contributed by atoms with Gasteiger partial charge in [0.25, 0.3) is 0 Å². The molecule has 3 rings (SSSR count). The number of rotatable bonds is 10. The van der Waals surface area contributed by atoms with Gasteiger partial charge in [0.15, 0.2) is 0 Å². The minimum absolute atomic E-state index is 0.0431. The van der Waals surface area contributed by atoms with Crippen molar-refractivity contribution >= 4 is 29.8 Å². The van der Waals surface area contributed by atoms with Gasteiger partial charge < -0.3 is 24.8 Å². The monoisotopic (exact) mass is 529 g/mol. The third kappa shape index (κ3) is 9.06. The lowest BCUT2D eigenvalue weighted by Crippen LogP contribution is -2.50. The van der Waals surface area contributed by atoms with Crippen LogP contribution in [0, 0.1) is 5.82 Å². The Kier molecular flexibility index (Phi) is 9.64. The molecule has 38 heavy (non-hydrogen) atoms. The van der Waals surface area contributed by atoms with Crippen LogP contribution < -0.4 is 15.5 Å². The second-order valence-electron chi connectivity index (χ2n) is 9.73. The molecule has 0 saturated carbocycles. The fourth-order valence-corrected chi connectivity index (χ4v) is 3.61. The van der Waals surface area contributed by atoms with E-state index in [4.69, 9.17) is 14.2 Å². The lowest BCUT2D eigenvalue weighted by Gasteiger charge is -2.23. The van der Waals surface area contributed by atoms with Crippen molar-refractivity contribution in [2.24, 2.45) is 0 Å². The molecule has 1 saturated heterocycles. The maximum absolute atomic E-state index is 13.5. The van der Waals surface area contributed by atoms with Crippen LogP contribution in [0.3, 0.4) is 0 Å². The van der Waals surface area contributed by atoms with Gasteiger partial charge in [0, 0.05) is 6.42 Å². The van der Waals surface area contributed by atoms with Crippen LogP contribution >= 0.6 is 0 Å². The number of halogens is 1. The summed E-state index contributed by atoms with van der Waals surface area (Å²) in [5.74, 6) is -1.62. The first-order valence-electron chi connectivity index (χ1n) is 12.2. The van der Waals surface area contributed by atoms with Crippen molar-refractivity contribution in [2.75, 3.05) is 18.0 Å². The summed E-state index contributed by atoms with van der Waals surface area (Å²) in [5, 5.41) is 5.13. The van der Waals surface area contributed by atoms with Gasteiger partial charge in [-0.3, -0.25) is 14.5 Å². The molecule has 1 heterocycles. The van der Waals surface area contributed by atoms with E-state index in [0.29, 0.717) is 5.69 Å². The van der Waals surface area contributed by atoms with Crippen LogP contribution in [0.5, 0.6) is 0 Å². The van der Waals surface area contributed by atoms with Gasteiger partial charge >= 0.3 is 18.2 Å². The van der Waals surface area contributed by atoms with E-state index in [1.54, 1.807) is 26.8 Å². The summed E-state index contributed by atoms with van der Waals surface area (Å²) in [6.45, 7) is 5.18. The van der Waals surface area contributed by atoms with E-state index in [9.17, 15) is 23.6 Å². The lowest BCUT2D eigenvalue weighted by molar-refractivity contribution is -0.145. The molecule has 2 aromatic rings. The number of cyclic esters (lactones) is 1. The largest absolute Gasteiger partial charge is 0.461 e. The lowest BCUT2D eigenvalue weighted by atomic mass is 10.1. The Morgan fingerprint density at radius 1 is 1.13 bits per heavy atom. The molecule has 0 radical (unpaired) electrons. The number of ether oxygens (including phenoxy) is 3. The smallest absolute Gasteiger partial charge is 0.414 e. The van der Waals surface area contributed by atoms with E-state index in [1.165, 1.54) is 23.1 Å². The van der Waals surface area contributed by atoms with Crippen LogP contribution in [0.1, 0.15) is 39.2 Å². The van der Waals surface area contributed by atoms with Gasteiger partial charge in [-0.2, -0.15) is 0 Å². The molecule has 0 aromatic heterocycles. The molecule has 0 unspecified atom stereocenters. The zero-order chi connectivity index (χ0) is 27.7. The van der Waals surface area contributed by atoms with E-state index < -0.39 is 47.6 Å². The summed E-state index contributed by atoms with van der Waals surface area (Å²) in [6.07, 6.45) is -2.36. The molecular formula is C27H32FN3O7. The molecule has 0 aliphatic carbocycles. The molecule has 1 fully saturated rings. The number of carbonyl (C=O) groups excluding carboxylic acids is 4. The molecule has 0 bridgehead atoms. The van der Waals surface area contributed by atoms with Crippen molar-refractivity contribution in [3.8, 4) is 0 Å². The highest BCUT2D eigenvalue weighted by molar-refractivity contribution is 5.90. The normalized spacial score (nSPS) is 15.8. The Bertz CT molecular complexity index is 1140. The van der Waals surface area contributed by atoms with Crippen LogP contribution in [0.15, 0.2) is 54.6 Å². The number of anilines is 1. The standard InChI is InChI=1S/C27H32FN3O7/c1-27(2,3)38-25(34)30-22(12-13-23(32)36-17-18-8-5-4-6-9-18)24(33)29-15-21-16-31(26(35)37-21)20-11-7-10-19(28)14-20/h4-11,14,21-22H,12-13,15-17H2,1-3H3,(H,29,33)(H,30,34)/t21-,22-/m0/s1. The maximum atomic E-state index is 13.5. The number of alkyl carbamates (subject to hydrolysis) is 1. The SMILES string of the molecule is CC(C)(C)OC(=O)N[C@@H](CCC(=O)OCc1ccccc1)C(=O)NC[C@H]1CN(c2cccc(F)c2)C(=O)O1. The number of esters is 1. The van der Waals surface area contributed by atoms with Crippen LogP contribution in [-0.4, -0.2) is 54.9 Å². The second-order valence-corrected chi connectivity index (χ2v) is 9.73. The Balaban J connectivity index is 1.55. The van der Waals surface area contributed by atoms with Gasteiger partial charge in [0.2, 0.25) is 5.91 Å². The Morgan fingerprint density at radius 3 is 2.55 bits per heavy atom. The molecule has 2 aromatic carbocycles. The van der Waals surface area contributed by atoms with Gasteiger partial charge in [-0.25, -0.2) is 14.0 Å². The van der Waals surface area contributed by atoms with Crippen molar-refractivity contribution in [2.45, 2.75) is 58.0 Å². The van der Waals surface area contributed by atoms with Crippen LogP contribution in [0.25, 0.3) is 0 Å². The van der Waals surface area contributed by atoms with E-state index in [1.807, 2.05) is 30.3 Å². The summed E-state index contributed by atoms with van der Waals surface area (Å²) in [4.78, 5) is 51.0. The zero-order valence-corrected chi connectivity index (χ0v) is 21.6. The summed E-state index contributed by atoms with van der Waals surface area (Å²) >= 11 is 0. The van der Waals surface area contributed by atoms with Crippen LogP contribution in [0.4, 0.5) is 19.7 Å². The van der Waals surface area contributed by atoms with Crippen molar-refractivity contribution in [3.63, 3.8) is 0 Å². The topological polar surface area (TPSA) is 123 Å². The first-order valence-corrected chi connectivity index (χ1v) is 12.2. The van der Waals surface area contributed by atoms with Gasteiger partial charge in [0.05, 0.1) is 18.8 Å². The fourth-order valence-electron chi connectivity index (χ4n) is 3.61. The Morgan fingerprint density at radius 2 is 1.87 bits per heavy atom. The molecule has 1 aliphatic rings. The van der Waals surface area contributed by atoms with Crippen LogP contribution in [0.2, 0.25) is 0 Å². The van der Waals surface area contributed by atoms with Gasteiger partial charge in [-0.1, -0.05) is 36.4 Å². The fraction of sp³-hybridized carbons (Fsp3) is 0.407. The number of hydrogen-bond donors (Lipinski definition) is 2. The quantitative estimate of drug-likeness (QED) is 0.355. The van der Waals surface area contributed by atoms with Crippen LogP contribution in [-0.2, 0) is 30.4 Å². The maximum Gasteiger partial charge on any atom is 0.414 e.